The molecule has 1 aromatic carbocycles. The highest BCUT2D eigenvalue weighted by atomic mass is 32.2. The number of carboxylic acid groups (broad SMARTS) is 1. The zero-order chi connectivity index (χ0) is 23.7. The summed E-state index contributed by atoms with van der Waals surface area (Å²) in [7, 11) is 0. The topological polar surface area (TPSA) is 98.7 Å². The molecule has 3 heterocycles. The summed E-state index contributed by atoms with van der Waals surface area (Å²) in [6.07, 6.45) is 0.141. The second-order valence-electron chi connectivity index (χ2n) is 8.29. The van der Waals surface area contributed by atoms with Crippen molar-refractivity contribution in [1.82, 2.24) is 20.2 Å². The van der Waals surface area contributed by atoms with Crippen LogP contribution >= 0.6 is 11.8 Å². The molecular weight excluding hydrogens is 452 g/mol. The van der Waals surface area contributed by atoms with Crippen molar-refractivity contribution in [3.8, 4) is 0 Å². The van der Waals surface area contributed by atoms with Crippen LogP contribution in [0.3, 0.4) is 0 Å². The van der Waals surface area contributed by atoms with E-state index in [1.54, 1.807) is 11.2 Å². The molecule has 2 aromatic rings. The van der Waals surface area contributed by atoms with E-state index in [0.29, 0.717) is 30.4 Å². The van der Waals surface area contributed by atoms with Gasteiger partial charge in [0.2, 0.25) is 5.91 Å². The van der Waals surface area contributed by atoms with Gasteiger partial charge in [0.1, 0.15) is 18.2 Å². The monoisotopic (exact) mass is 477 g/mol. The lowest BCUT2D eigenvalue weighted by molar-refractivity contribution is -0.134. The fraction of sp³-hybridized carbons (Fsp3) is 0.455. The van der Waals surface area contributed by atoms with Crippen molar-refractivity contribution in [2.24, 2.45) is 0 Å². The maximum atomic E-state index is 13.6. The Kier molecular flexibility index (Phi) is 6.68. The van der Waals surface area contributed by atoms with E-state index in [2.05, 4.69) is 27.1 Å². The number of halogens is 2. The molecule has 2 amide bonds. The molecule has 0 aliphatic carbocycles. The number of piperazine rings is 1. The second kappa shape index (κ2) is 9.50. The average Bonchev–Trinajstić information content (AvgIpc) is 3.16. The number of benzene rings is 1. The van der Waals surface area contributed by atoms with Crippen LogP contribution in [0.15, 0.2) is 24.5 Å². The van der Waals surface area contributed by atoms with Gasteiger partial charge in [0.25, 0.3) is 0 Å². The highest BCUT2D eigenvalue weighted by molar-refractivity contribution is 7.99. The maximum Gasteiger partial charge on any atom is 0.405 e. The van der Waals surface area contributed by atoms with Gasteiger partial charge in [0.05, 0.1) is 5.69 Å². The van der Waals surface area contributed by atoms with E-state index in [-0.39, 0.29) is 12.5 Å². The van der Waals surface area contributed by atoms with Crippen LogP contribution in [-0.4, -0.2) is 63.7 Å². The number of anilines is 1. The van der Waals surface area contributed by atoms with Gasteiger partial charge in [-0.15, -0.1) is 11.8 Å². The van der Waals surface area contributed by atoms with E-state index in [9.17, 15) is 23.5 Å². The first-order chi connectivity index (χ1) is 15.7. The van der Waals surface area contributed by atoms with Crippen molar-refractivity contribution < 1.29 is 23.5 Å². The second-order valence-corrected chi connectivity index (χ2v) is 9.62. The molecule has 0 spiro atoms. The first-order valence-corrected chi connectivity index (χ1v) is 11.7. The molecule has 4 rings (SSSR count). The lowest BCUT2D eigenvalue weighted by Gasteiger charge is -2.42. The van der Waals surface area contributed by atoms with Crippen LogP contribution in [0.4, 0.5) is 19.4 Å². The number of carbonyl (C=O) groups excluding carboxylic acids is 1. The summed E-state index contributed by atoms with van der Waals surface area (Å²) in [5.74, 6) is -0.696. The SMILES string of the molecule is C[C@@H]1SCc2ncnc(N3CCN(C(=O)[C@@H](Cc4ccc(F)c(F)c4)NC(=O)O)C[C@@H]3C)c21. The van der Waals surface area contributed by atoms with Crippen LogP contribution in [-0.2, 0) is 17.0 Å². The molecule has 2 aliphatic rings. The Hall–Kier alpha value is -2.95. The molecular formula is C22H25F2N5O3S. The third-order valence-corrected chi connectivity index (χ3v) is 7.23. The average molecular weight is 478 g/mol. The number of hydrogen-bond donors (Lipinski definition) is 2. The maximum absolute atomic E-state index is 13.6. The quantitative estimate of drug-likeness (QED) is 0.683. The first kappa shape index (κ1) is 23.2. The Morgan fingerprint density at radius 2 is 2.03 bits per heavy atom. The third-order valence-electron chi connectivity index (χ3n) is 6.05. The molecule has 3 atom stereocenters. The summed E-state index contributed by atoms with van der Waals surface area (Å²) >= 11 is 1.82. The molecule has 1 aromatic heterocycles. The van der Waals surface area contributed by atoms with Gasteiger partial charge in [-0.25, -0.2) is 23.5 Å². The van der Waals surface area contributed by atoms with Gasteiger partial charge < -0.3 is 20.2 Å². The van der Waals surface area contributed by atoms with E-state index in [1.165, 1.54) is 6.07 Å². The van der Waals surface area contributed by atoms with Crippen molar-refractivity contribution in [3.63, 3.8) is 0 Å². The summed E-state index contributed by atoms with van der Waals surface area (Å²) in [4.78, 5) is 37.2. The van der Waals surface area contributed by atoms with E-state index < -0.39 is 29.7 Å². The van der Waals surface area contributed by atoms with E-state index in [1.807, 2.05) is 18.7 Å². The Bertz CT molecular complexity index is 1070. The fourth-order valence-electron chi connectivity index (χ4n) is 4.41. The van der Waals surface area contributed by atoms with Crippen molar-refractivity contribution in [2.45, 2.75) is 43.4 Å². The molecule has 11 heteroatoms. The molecule has 2 aliphatic heterocycles. The molecule has 2 N–H and O–H groups in total. The number of aromatic nitrogens is 2. The molecule has 8 nitrogen and oxygen atoms in total. The lowest BCUT2D eigenvalue weighted by atomic mass is 10.0. The normalized spacial score (nSPS) is 21.0. The Morgan fingerprint density at radius 1 is 1.24 bits per heavy atom. The smallest absolute Gasteiger partial charge is 0.405 e. The summed E-state index contributed by atoms with van der Waals surface area (Å²) < 4.78 is 26.8. The number of nitrogens with zero attached hydrogens (tertiary/aromatic N) is 4. The van der Waals surface area contributed by atoms with E-state index in [0.717, 1.165) is 35.0 Å². The molecule has 33 heavy (non-hydrogen) atoms. The predicted octanol–water partition coefficient (Wildman–Crippen LogP) is 2.98. The molecule has 0 saturated carbocycles. The number of rotatable bonds is 5. The zero-order valence-electron chi connectivity index (χ0n) is 18.3. The van der Waals surface area contributed by atoms with Crippen LogP contribution in [0, 0.1) is 11.6 Å². The van der Waals surface area contributed by atoms with Gasteiger partial charge in [0.15, 0.2) is 11.6 Å². The summed E-state index contributed by atoms with van der Waals surface area (Å²) in [6, 6.07) is 2.14. The molecule has 0 radical (unpaired) electrons. The van der Waals surface area contributed by atoms with E-state index >= 15 is 0 Å². The lowest BCUT2D eigenvalue weighted by Crippen LogP contribution is -2.58. The van der Waals surface area contributed by atoms with Crippen LogP contribution in [0.1, 0.15) is 35.9 Å². The largest absolute Gasteiger partial charge is 0.465 e. The molecule has 0 unspecified atom stereocenters. The van der Waals surface area contributed by atoms with Gasteiger partial charge in [-0.2, -0.15) is 0 Å². The van der Waals surface area contributed by atoms with Crippen molar-refractivity contribution in [3.05, 3.63) is 53.0 Å². The Morgan fingerprint density at radius 3 is 2.73 bits per heavy atom. The Balaban J connectivity index is 1.49. The summed E-state index contributed by atoms with van der Waals surface area (Å²) in [5, 5.41) is 11.7. The summed E-state index contributed by atoms with van der Waals surface area (Å²) in [6.45, 7) is 5.44. The van der Waals surface area contributed by atoms with Crippen molar-refractivity contribution in [1.29, 1.82) is 0 Å². The van der Waals surface area contributed by atoms with Crippen LogP contribution in [0.5, 0.6) is 0 Å². The van der Waals surface area contributed by atoms with Crippen molar-refractivity contribution in [2.75, 3.05) is 24.5 Å². The molecule has 1 fully saturated rings. The van der Waals surface area contributed by atoms with Crippen molar-refractivity contribution >= 4 is 29.6 Å². The van der Waals surface area contributed by atoms with Gasteiger partial charge in [-0.05, 0) is 31.5 Å². The molecule has 176 valence electrons. The van der Waals surface area contributed by atoms with Crippen LogP contribution in [0.2, 0.25) is 0 Å². The number of carbonyl (C=O) groups is 2. The van der Waals surface area contributed by atoms with Gasteiger partial charge in [-0.1, -0.05) is 6.07 Å². The minimum absolute atomic E-state index is 0.0479. The first-order valence-electron chi connectivity index (χ1n) is 10.7. The minimum atomic E-state index is -1.36. The van der Waals surface area contributed by atoms with Crippen LogP contribution < -0.4 is 10.2 Å². The molecule has 0 bridgehead atoms. The highest BCUT2D eigenvalue weighted by Gasteiger charge is 2.35. The number of nitrogens with one attached hydrogen (secondary N) is 1. The minimum Gasteiger partial charge on any atom is -0.465 e. The molecule has 1 saturated heterocycles. The summed E-state index contributed by atoms with van der Waals surface area (Å²) in [5.41, 5.74) is 2.51. The number of thioether (sulfide) groups is 1. The number of hydrogen-bond acceptors (Lipinski definition) is 6. The van der Waals surface area contributed by atoms with Crippen LogP contribution in [0.25, 0.3) is 0 Å². The predicted molar refractivity (Wildman–Crippen MR) is 120 cm³/mol. The van der Waals surface area contributed by atoms with E-state index in [4.69, 9.17) is 0 Å². The number of fused-ring (bicyclic) bond motifs is 1. The standard InChI is InChI=1S/C22H25F2N5O3S/c1-12-9-28(5-6-29(12)20-19-13(2)33-10-18(19)25-11-26-20)21(30)17(27-22(31)32)8-14-3-4-15(23)16(24)7-14/h3-4,7,11-13,17,27H,5-6,8-10H2,1-2H3,(H,31,32)/t12-,13-,17+/m0/s1. The third kappa shape index (κ3) is 4.87. The Labute approximate surface area is 194 Å². The highest BCUT2D eigenvalue weighted by Crippen LogP contribution is 2.44. The zero-order valence-corrected chi connectivity index (χ0v) is 19.1. The van der Waals surface area contributed by atoms with Gasteiger partial charge >= 0.3 is 6.09 Å². The fourth-order valence-corrected chi connectivity index (χ4v) is 5.46. The number of amides is 2. The van der Waals surface area contributed by atoms with Gasteiger partial charge in [0, 0.05) is 48.7 Å². The van der Waals surface area contributed by atoms with Gasteiger partial charge in [-0.3, -0.25) is 4.79 Å².